The zero-order valence-electron chi connectivity index (χ0n) is 11.7. The highest BCUT2D eigenvalue weighted by Gasteiger charge is 2.15. The Morgan fingerprint density at radius 1 is 1.21 bits per heavy atom. The van der Waals surface area contributed by atoms with Crippen LogP contribution in [0, 0.1) is 5.82 Å². The lowest BCUT2D eigenvalue weighted by molar-refractivity contribution is 0.0750. The van der Waals surface area contributed by atoms with E-state index in [0.717, 1.165) is 38.8 Å². The van der Waals surface area contributed by atoms with Gasteiger partial charge in [-0.2, -0.15) is 0 Å². The van der Waals surface area contributed by atoms with Crippen molar-refractivity contribution in [2.75, 3.05) is 13.1 Å². The van der Waals surface area contributed by atoms with Gasteiger partial charge in [-0.25, -0.2) is 4.39 Å². The van der Waals surface area contributed by atoms with Crippen LogP contribution in [0.3, 0.4) is 0 Å². The summed E-state index contributed by atoms with van der Waals surface area (Å²) in [5, 5.41) is 0. The van der Waals surface area contributed by atoms with Crippen LogP contribution in [0.5, 0.6) is 0 Å². The fourth-order valence-corrected chi connectivity index (χ4v) is 2.05. The van der Waals surface area contributed by atoms with E-state index in [1.54, 1.807) is 0 Å². The Balaban J connectivity index is 2.81. The SMILES string of the molecule is CCCCN(CCCC)C(=O)c1ccc(F)c(S)c1. The van der Waals surface area contributed by atoms with Crippen molar-refractivity contribution in [3.05, 3.63) is 29.6 Å². The van der Waals surface area contributed by atoms with E-state index in [-0.39, 0.29) is 10.8 Å². The number of carbonyl (C=O) groups is 1. The quantitative estimate of drug-likeness (QED) is 0.745. The molecule has 0 bridgehead atoms. The van der Waals surface area contributed by atoms with Gasteiger partial charge in [0.25, 0.3) is 5.91 Å². The zero-order chi connectivity index (χ0) is 14.3. The van der Waals surface area contributed by atoms with Crippen molar-refractivity contribution < 1.29 is 9.18 Å². The van der Waals surface area contributed by atoms with Gasteiger partial charge in [0.15, 0.2) is 0 Å². The van der Waals surface area contributed by atoms with Crippen LogP contribution in [-0.2, 0) is 0 Å². The lowest BCUT2D eigenvalue weighted by Gasteiger charge is -2.22. The van der Waals surface area contributed by atoms with E-state index < -0.39 is 5.82 Å². The molecule has 1 amide bonds. The molecule has 0 N–H and O–H groups in total. The first-order valence-electron chi connectivity index (χ1n) is 6.88. The molecule has 0 aromatic heterocycles. The summed E-state index contributed by atoms with van der Waals surface area (Å²) in [5.74, 6) is -0.425. The fourth-order valence-electron chi connectivity index (χ4n) is 1.84. The summed E-state index contributed by atoms with van der Waals surface area (Å²) in [5.41, 5.74) is 0.513. The summed E-state index contributed by atoms with van der Waals surface area (Å²) in [6.45, 7) is 5.72. The average Bonchev–Trinajstić information content (AvgIpc) is 2.41. The number of rotatable bonds is 7. The molecule has 1 aromatic carbocycles. The van der Waals surface area contributed by atoms with Crippen LogP contribution in [0.15, 0.2) is 23.1 Å². The summed E-state index contributed by atoms with van der Waals surface area (Å²) in [4.78, 5) is 14.5. The molecule has 106 valence electrons. The van der Waals surface area contributed by atoms with Crippen molar-refractivity contribution in [1.82, 2.24) is 4.90 Å². The second-order valence-electron chi connectivity index (χ2n) is 4.67. The summed E-state index contributed by atoms with van der Waals surface area (Å²) in [6.07, 6.45) is 4.09. The normalized spacial score (nSPS) is 10.5. The van der Waals surface area contributed by atoms with E-state index in [4.69, 9.17) is 0 Å². The molecule has 0 aliphatic carbocycles. The van der Waals surface area contributed by atoms with E-state index in [1.807, 2.05) is 4.90 Å². The minimum atomic E-state index is -0.395. The van der Waals surface area contributed by atoms with Gasteiger partial charge in [-0.05, 0) is 31.0 Å². The van der Waals surface area contributed by atoms with Crippen LogP contribution in [0.25, 0.3) is 0 Å². The number of carbonyl (C=O) groups excluding carboxylic acids is 1. The van der Waals surface area contributed by atoms with Crippen LogP contribution < -0.4 is 0 Å². The van der Waals surface area contributed by atoms with Crippen molar-refractivity contribution in [3.63, 3.8) is 0 Å². The first-order chi connectivity index (χ1) is 9.10. The predicted octanol–water partition coefficient (Wildman–Crippen LogP) is 4.16. The van der Waals surface area contributed by atoms with Crippen LogP contribution in [0.4, 0.5) is 4.39 Å². The molecule has 0 aliphatic rings. The largest absolute Gasteiger partial charge is 0.339 e. The van der Waals surface area contributed by atoms with E-state index >= 15 is 0 Å². The molecule has 4 heteroatoms. The van der Waals surface area contributed by atoms with Crippen molar-refractivity contribution in [2.24, 2.45) is 0 Å². The Labute approximate surface area is 120 Å². The number of benzene rings is 1. The van der Waals surface area contributed by atoms with E-state index in [1.165, 1.54) is 18.2 Å². The molecular formula is C15H22FNOS. The summed E-state index contributed by atoms with van der Waals surface area (Å²) in [6, 6.07) is 4.33. The molecule has 0 saturated carbocycles. The molecule has 0 spiro atoms. The Bertz CT molecular complexity index is 415. The maximum atomic E-state index is 13.2. The maximum Gasteiger partial charge on any atom is 0.253 e. The summed E-state index contributed by atoms with van der Waals surface area (Å²) in [7, 11) is 0. The van der Waals surface area contributed by atoms with E-state index in [9.17, 15) is 9.18 Å². The highest BCUT2D eigenvalue weighted by Crippen LogP contribution is 2.16. The smallest absolute Gasteiger partial charge is 0.253 e. The molecule has 19 heavy (non-hydrogen) atoms. The van der Waals surface area contributed by atoms with Gasteiger partial charge in [-0.1, -0.05) is 26.7 Å². The Morgan fingerprint density at radius 3 is 2.26 bits per heavy atom. The molecule has 2 nitrogen and oxygen atoms in total. The molecule has 0 aliphatic heterocycles. The second kappa shape index (κ2) is 8.20. The van der Waals surface area contributed by atoms with Crippen molar-refractivity contribution in [1.29, 1.82) is 0 Å². The number of nitrogens with zero attached hydrogens (tertiary/aromatic N) is 1. The van der Waals surface area contributed by atoms with Gasteiger partial charge in [0.2, 0.25) is 0 Å². The van der Waals surface area contributed by atoms with Gasteiger partial charge in [-0.15, -0.1) is 12.6 Å². The van der Waals surface area contributed by atoms with Gasteiger partial charge in [0.1, 0.15) is 5.82 Å². The second-order valence-corrected chi connectivity index (χ2v) is 5.15. The molecule has 0 fully saturated rings. The summed E-state index contributed by atoms with van der Waals surface area (Å²) < 4.78 is 13.2. The molecule has 0 atom stereocenters. The fraction of sp³-hybridized carbons (Fsp3) is 0.533. The topological polar surface area (TPSA) is 20.3 Å². The number of hydrogen-bond donors (Lipinski definition) is 1. The molecule has 0 heterocycles. The van der Waals surface area contributed by atoms with Gasteiger partial charge < -0.3 is 4.90 Å². The van der Waals surface area contributed by atoms with Crippen molar-refractivity contribution in [3.8, 4) is 0 Å². The number of hydrogen-bond acceptors (Lipinski definition) is 2. The highest BCUT2D eigenvalue weighted by molar-refractivity contribution is 7.80. The average molecular weight is 283 g/mol. The molecule has 0 saturated heterocycles. The lowest BCUT2D eigenvalue weighted by atomic mass is 10.1. The standard InChI is InChI=1S/C15H22FNOS/c1-3-5-9-17(10-6-4-2)15(18)12-7-8-13(16)14(19)11-12/h7-8,11,19H,3-6,9-10H2,1-2H3. The monoisotopic (exact) mass is 283 g/mol. The predicted molar refractivity (Wildman–Crippen MR) is 79.4 cm³/mol. The molecule has 1 aromatic rings. The van der Waals surface area contributed by atoms with E-state index in [0.29, 0.717) is 5.56 Å². The minimum Gasteiger partial charge on any atom is -0.339 e. The van der Waals surface area contributed by atoms with Crippen LogP contribution in [-0.4, -0.2) is 23.9 Å². The number of halogens is 1. The third-order valence-corrected chi connectivity index (χ3v) is 3.39. The first kappa shape index (κ1) is 16.0. The Hall–Kier alpha value is -1.03. The van der Waals surface area contributed by atoms with E-state index in [2.05, 4.69) is 26.5 Å². The highest BCUT2D eigenvalue weighted by atomic mass is 32.1. The number of unbranched alkanes of at least 4 members (excludes halogenated alkanes) is 2. The van der Waals surface area contributed by atoms with Crippen LogP contribution in [0.1, 0.15) is 49.9 Å². The molecule has 1 rings (SSSR count). The Kier molecular flexibility index (Phi) is 6.92. The zero-order valence-corrected chi connectivity index (χ0v) is 12.5. The van der Waals surface area contributed by atoms with Gasteiger partial charge >= 0.3 is 0 Å². The molecule has 0 unspecified atom stereocenters. The third-order valence-electron chi connectivity index (χ3n) is 3.04. The Morgan fingerprint density at radius 2 is 1.79 bits per heavy atom. The molecule has 0 radical (unpaired) electrons. The third kappa shape index (κ3) is 4.86. The van der Waals surface area contributed by atoms with Gasteiger partial charge in [-0.3, -0.25) is 4.79 Å². The van der Waals surface area contributed by atoms with Crippen molar-refractivity contribution in [2.45, 2.75) is 44.4 Å². The van der Waals surface area contributed by atoms with Crippen LogP contribution in [0.2, 0.25) is 0 Å². The maximum absolute atomic E-state index is 13.2. The van der Waals surface area contributed by atoms with Crippen LogP contribution >= 0.6 is 12.6 Å². The molecular weight excluding hydrogens is 261 g/mol. The minimum absolute atomic E-state index is 0.0304. The number of thiol groups is 1. The lowest BCUT2D eigenvalue weighted by Crippen LogP contribution is -2.33. The summed E-state index contributed by atoms with van der Waals surface area (Å²) >= 11 is 4.03. The first-order valence-corrected chi connectivity index (χ1v) is 7.32. The van der Waals surface area contributed by atoms with Gasteiger partial charge in [0, 0.05) is 23.5 Å². The number of amides is 1. The van der Waals surface area contributed by atoms with Gasteiger partial charge in [0.05, 0.1) is 0 Å². The van der Waals surface area contributed by atoms with Crippen molar-refractivity contribution >= 4 is 18.5 Å².